The van der Waals surface area contributed by atoms with Gasteiger partial charge in [0.25, 0.3) is 0 Å². The number of ether oxygens (including phenoxy) is 1. The third-order valence-electron chi connectivity index (χ3n) is 6.17. The van der Waals surface area contributed by atoms with E-state index in [0.717, 1.165) is 18.8 Å². The summed E-state index contributed by atoms with van der Waals surface area (Å²) in [5.41, 5.74) is 0. The fourth-order valence-electron chi connectivity index (χ4n) is 4.08. The average molecular weight is 425 g/mol. The van der Waals surface area contributed by atoms with Gasteiger partial charge in [-0.15, -0.1) is 0 Å². The smallest absolute Gasteiger partial charge is 0.305 e. The largest absolute Gasteiger partial charge is 0.466 e. The van der Waals surface area contributed by atoms with E-state index in [2.05, 4.69) is 20.8 Å². The van der Waals surface area contributed by atoms with Crippen LogP contribution in [0.5, 0.6) is 0 Å². The lowest BCUT2D eigenvalue weighted by molar-refractivity contribution is -0.143. The number of hydrogen-bond acceptors (Lipinski definition) is 2. The van der Waals surface area contributed by atoms with Crippen molar-refractivity contribution in [3.63, 3.8) is 0 Å². The molecule has 0 spiro atoms. The van der Waals surface area contributed by atoms with Crippen LogP contribution < -0.4 is 0 Å². The lowest BCUT2D eigenvalue weighted by Gasteiger charge is -2.06. The summed E-state index contributed by atoms with van der Waals surface area (Å²) in [4.78, 5) is 11.8. The van der Waals surface area contributed by atoms with E-state index in [9.17, 15) is 4.79 Å². The van der Waals surface area contributed by atoms with Crippen molar-refractivity contribution in [2.45, 2.75) is 162 Å². The number of esters is 1. The maximum atomic E-state index is 11.8. The first-order valence-corrected chi connectivity index (χ1v) is 13.8. The Balaban J connectivity index is 3.15. The van der Waals surface area contributed by atoms with Crippen LogP contribution in [-0.2, 0) is 9.53 Å². The van der Waals surface area contributed by atoms with E-state index in [0.29, 0.717) is 13.0 Å². The zero-order chi connectivity index (χ0) is 22.1. The van der Waals surface area contributed by atoms with Crippen molar-refractivity contribution < 1.29 is 9.53 Å². The van der Waals surface area contributed by atoms with E-state index < -0.39 is 0 Å². The summed E-state index contributed by atoms with van der Waals surface area (Å²) >= 11 is 0. The van der Waals surface area contributed by atoms with Gasteiger partial charge >= 0.3 is 5.97 Å². The van der Waals surface area contributed by atoms with Crippen LogP contribution in [-0.4, -0.2) is 12.6 Å². The molecule has 0 amide bonds. The van der Waals surface area contributed by atoms with Gasteiger partial charge in [0, 0.05) is 6.42 Å². The first-order valence-electron chi connectivity index (χ1n) is 13.8. The molecule has 0 radical (unpaired) electrons. The van der Waals surface area contributed by atoms with E-state index in [4.69, 9.17) is 4.74 Å². The Morgan fingerprint density at radius 1 is 0.567 bits per heavy atom. The van der Waals surface area contributed by atoms with Crippen molar-refractivity contribution in [2.75, 3.05) is 6.61 Å². The molecule has 0 aliphatic rings. The highest BCUT2D eigenvalue weighted by Gasteiger charge is 2.02. The molecule has 0 aromatic heterocycles. The molecule has 0 atom stereocenters. The van der Waals surface area contributed by atoms with Crippen molar-refractivity contribution in [3.05, 3.63) is 0 Å². The molecule has 0 aliphatic carbocycles. The highest BCUT2D eigenvalue weighted by molar-refractivity contribution is 5.69. The van der Waals surface area contributed by atoms with Crippen molar-refractivity contribution in [3.8, 4) is 0 Å². The van der Waals surface area contributed by atoms with Crippen LogP contribution in [0, 0.1) is 5.92 Å². The molecule has 0 fully saturated rings. The minimum atomic E-state index is 0.0204. The Bertz CT molecular complexity index is 338. The van der Waals surface area contributed by atoms with Crippen LogP contribution in [0.1, 0.15) is 162 Å². The monoisotopic (exact) mass is 424 g/mol. The van der Waals surface area contributed by atoms with Gasteiger partial charge in [-0.3, -0.25) is 4.79 Å². The first-order chi connectivity index (χ1) is 14.7. The zero-order valence-electron chi connectivity index (χ0n) is 21.2. The third-order valence-corrected chi connectivity index (χ3v) is 6.17. The Hall–Kier alpha value is -0.530. The fraction of sp³-hybridized carbons (Fsp3) is 0.964. The first kappa shape index (κ1) is 29.5. The molecule has 2 nitrogen and oxygen atoms in total. The summed E-state index contributed by atoms with van der Waals surface area (Å²) in [7, 11) is 0. The van der Waals surface area contributed by atoms with Crippen LogP contribution in [0.15, 0.2) is 0 Å². The van der Waals surface area contributed by atoms with Gasteiger partial charge in [-0.2, -0.15) is 0 Å². The van der Waals surface area contributed by atoms with Crippen molar-refractivity contribution in [1.82, 2.24) is 0 Å². The van der Waals surface area contributed by atoms with E-state index in [1.54, 1.807) is 0 Å². The predicted molar refractivity (Wildman–Crippen MR) is 133 cm³/mol. The Morgan fingerprint density at radius 3 is 1.43 bits per heavy atom. The molecular formula is C28H56O2. The molecule has 0 unspecified atom stereocenters. The molecule has 0 N–H and O–H groups in total. The molecule has 0 aliphatic heterocycles. The van der Waals surface area contributed by atoms with E-state index in [-0.39, 0.29) is 5.97 Å². The highest BCUT2D eigenvalue weighted by atomic mass is 16.5. The minimum Gasteiger partial charge on any atom is -0.466 e. The molecule has 180 valence electrons. The fourth-order valence-corrected chi connectivity index (χ4v) is 4.08. The quantitative estimate of drug-likeness (QED) is 0.114. The molecule has 30 heavy (non-hydrogen) atoms. The molecule has 0 rings (SSSR count). The lowest BCUT2D eigenvalue weighted by atomic mass is 10.0. The standard InChI is InChI=1S/C28H56O2/c1-4-5-6-7-8-9-13-16-19-22-25-28(29)30-26-23-20-17-14-11-10-12-15-18-21-24-27(2)3/h27H,4-26H2,1-3H3. The molecule has 0 heterocycles. The van der Waals surface area contributed by atoms with Crippen LogP contribution >= 0.6 is 0 Å². The van der Waals surface area contributed by atoms with Gasteiger partial charge in [-0.05, 0) is 18.8 Å². The van der Waals surface area contributed by atoms with Crippen LogP contribution in [0.25, 0.3) is 0 Å². The Labute approximate surface area is 190 Å². The normalized spacial score (nSPS) is 11.3. The average Bonchev–Trinajstić information content (AvgIpc) is 2.72. The second-order valence-corrected chi connectivity index (χ2v) is 9.87. The second kappa shape index (κ2) is 24.7. The summed E-state index contributed by atoms with van der Waals surface area (Å²) in [5, 5.41) is 0. The molecular weight excluding hydrogens is 368 g/mol. The molecule has 2 heteroatoms. The Kier molecular flexibility index (Phi) is 24.3. The maximum absolute atomic E-state index is 11.8. The molecule has 0 bridgehead atoms. The van der Waals surface area contributed by atoms with Crippen LogP contribution in [0.3, 0.4) is 0 Å². The predicted octanol–water partition coefficient (Wildman–Crippen LogP) is 9.79. The number of hydrogen-bond donors (Lipinski definition) is 0. The van der Waals surface area contributed by atoms with Gasteiger partial charge < -0.3 is 4.74 Å². The summed E-state index contributed by atoms with van der Waals surface area (Å²) < 4.78 is 5.39. The summed E-state index contributed by atoms with van der Waals surface area (Å²) in [6.07, 6.45) is 28.4. The van der Waals surface area contributed by atoms with E-state index in [1.807, 2.05) is 0 Å². The highest BCUT2D eigenvalue weighted by Crippen LogP contribution is 2.14. The molecule has 0 saturated heterocycles. The van der Waals surface area contributed by atoms with Crippen molar-refractivity contribution >= 4 is 5.97 Å². The van der Waals surface area contributed by atoms with Gasteiger partial charge in [0.1, 0.15) is 0 Å². The maximum Gasteiger partial charge on any atom is 0.305 e. The van der Waals surface area contributed by atoms with Gasteiger partial charge in [-0.1, -0.05) is 143 Å². The molecule has 0 aromatic rings. The summed E-state index contributed by atoms with van der Waals surface area (Å²) in [5.74, 6) is 0.885. The molecule has 0 saturated carbocycles. The summed E-state index contributed by atoms with van der Waals surface area (Å²) in [6.45, 7) is 7.54. The SMILES string of the molecule is CCCCCCCCCCCCC(=O)OCCCCCCCCCCCCC(C)C. The van der Waals surface area contributed by atoms with Crippen LogP contribution in [0.2, 0.25) is 0 Å². The van der Waals surface area contributed by atoms with Gasteiger partial charge in [0.15, 0.2) is 0 Å². The lowest BCUT2D eigenvalue weighted by Crippen LogP contribution is -2.05. The molecule has 0 aromatic carbocycles. The number of carbonyl (C=O) groups is 1. The topological polar surface area (TPSA) is 26.3 Å². The zero-order valence-corrected chi connectivity index (χ0v) is 21.2. The van der Waals surface area contributed by atoms with Crippen LogP contribution in [0.4, 0.5) is 0 Å². The van der Waals surface area contributed by atoms with Gasteiger partial charge in [0.05, 0.1) is 6.61 Å². The van der Waals surface area contributed by atoms with Crippen molar-refractivity contribution in [2.24, 2.45) is 5.92 Å². The number of unbranched alkanes of at least 4 members (excludes halogenated alkanes) is 18. The number of carbonyl (C=O) groups excluding carboxylic acids is 1. The summed E-state index contributed by atoms with van der Waals surface area (Å²) in [6, 6.07) is 0. The van der Waals surface area contributed by atoms with Gasteiger partial charge in [-0.25, -0.2) is 0 Å². The van der Waals surface area contributed by atoms with Gasteiger partial charge in [0.2, 0.25) is 0 Å². The third kappa shape index (κ3) is 25.5. The van der Waals surface area contributed by atoms with E-state index >= 15 is 0 Å². The van der Waals surface area contributed by atoms with E-state index in [1.165, 1.54) is 122 Å². The van der Waals surface area contributed by atoms with Crippen molar-refractivity contribution in [1.29, 1.82) is 0 Å². The Morgan fingerprint density at radius 2 is 0.967 bits per heavy atom. The second-order valence-electron chi connectivity index (χ2n) is 9.87. The number of rotatable bonds is 24. The minimum absolute atomic E-state index is 0.0204.